The number of aliphatic hydroxyl groups excluding tert-OH is 1. The van der Waals surface area contributed by atoms with Gasteiger partial charge in [0.2, 0.25) is 0 Å². The van der Waals surface area contributed by atoms with Gasteiger partial charge in [0.05, 0.1) is 24.0 Å². The molecule has 1 aliphatic rings. The molecule has 126 valence electrons. The maximum atomic E-state index is 12.8. The molecule has 1 heterocycles. The van der Waals surface area contributed by atoms with Crippen molar-refractivity contribution in [3.63, 3.8) is 0 Å². The van der Waals surface area contributed by atoms with Gasteiger partial charge in [0, 0.05) is 20.6 Å². The second kappa shape index (κ2) is 6.93. The van der Waals surface area contributed by atoms with Crippen molar-refractivity contribution >= 4 is 17.4 Å². The standard InChI is InChI=1S/C19H23N3O2/c1-21(2)17-10-6-5-9-16(17)20-19(24)22-12-11-14-7-3-4-8-15(14)18(22)13-23/h3-10,18,23H,11-13H2,1-2H3,(H,20,24). The summed E-state index contributed by atoms with van der Waals surface area (Å²) in [5.74, 6) is 0. The third-order valence-electron chi connectivity index (χ3n) is 4.47. The summed E-state index contributed by atoms with van der Waals surface area (Å²) in [6, 6.07) is 15.2. The molecule has 0 aromatic heterocycles. The SMILES string of the molecule is CN(C)c1ccccc1NC(=O)N1CCc2ccccc2C1CO. The van der Waals surface area contributed by atoms with Crippen molar-refractivity contribution in [1.82, 2.24) is 4.90 Å². The van der Waals surface area contributed by atoms with Crippen molar-refractivity contribution in [2.24, 2.45) is 0 Å². The van der Waals surface area contributed by atoms with Crippen LogP contribution < -0.4 is 10.2 Å². The Morgan fingerprint density at radius 3 is 2.67 bits per heavy atom. The first-order valence-corrected chi connectivity index (χ1v) is 8.14. The van der Waals surface area contributed by atoms with E-state index in [1.54, 1.807) is 4.90 Å². The number of para-hydroxylation sites is 2. The normalized spacial score (nSPS) is 16.5. The highest BCUT2D eigenvalue weighted by Crippen LogP contribution is 2.31. The largest absolute Gasteiger partial charge is 0.394 e. The van der Waals surface area contributed by atoms with Crippen LogP contribution in [0.4, 0.5) is 16.2 Å². The van der Waals surface area contributed by atoms with Crippen LogP contribution in [0, 0.1) is 0 Å². The number of anilines is 2. The van der Waals surface area contributed by atoms with Gasteiger partial charge < -0.3 is 20.2 Å². The fourth-order valence-corrected chi connectivity index (χ4v) is 3.25. The van der Waals surface area contributed by atoms with Crippen molar-refractivity contribution in [1.29, 1.82) is 0 Å². The Morgan fingerprint density at radius 2 is 1.92 bits per heavy atom. The Balaban J connectivity index is 1.83. The molecule has 1 atom stereocenters. The highest BCUT2D eigenvalue weighted by molar-refractivity contribution is 5.93. The van der Waals surface area contributed by atoms with Crippen molar-refractivity contribution < 1.29 is 9.90 Å². The minimum atomic E-state index is -0.304. The molecule has 1 unspecified atom stereocenters. The van der Waals surface area contributed by atoms with Crippen LogP contribution in [0.2, 0.25) is 0 Å². The van der Waals surface area contributed by atoms with Gasteiger partial charge in [-0.3, -0.25) is 0 Å². The van der Waals surface area contributed by atoms with Crippen LogP contribution in [0.25, 0.3) is 0 Å². The number of benzene rings is 2. The zero-order valence-corrected chi connectivity index (χ0v) is 14.1. The van der Waals surface area contributed by atoms with E-state index in [2.05, 4.69) is 11.4 Å². The van der Waals surface area contributed by atoms with Crippen LogP contribution in [-0.4, -0.2) is 43.3 Å². The molecule has 2 aromatic rings. The van der Waals surface area contributed by atoms with Gasteiger partial charge in [-0.2, -0.15) is 0 Å². The van der Waals surface area contributed by atoms with Gasteiger partial charge in [-0.25, -0.2) is 4.79 Å². The third-order valence-corrected chi connectivity index (χ3v) is 4.47. The topological polar surface area (TPSA) is 55.8 Å². The minimum Gasteiger partial charge on any atom is -0.394 e. The van der Waals surface area contributed by atoms with Crippen molar-refractivity contribution in [2.45, 2.75) is 12.5 Å². The summed E-state index contributed by atoms with van der Waals surface area (Å²) < 4.78 is 0. The zero-order valence-electron chi connectivity index (χ0n) is 14.1. The number of nitrogens with zero attached hydrogens (tertiary/aromatic N) is 2. The molecule has 0 saturated heterocycles. The number of rotatable bonds is 3. The highest BCUT2D eigenvalue weighted by atomic mass is 16.3. The quantitative estimate of drug-likeness (QED) is 0.912. The Bertz CT molecular complexity index is 730. The number of carbonyl (C=O) groups excluding carboxylic acids is 1. The van der Waals surface area contributed by atoms with E-state index in [4.69, 9.17) is 0 Å². The molecule has 0 fully saturated rings. The second-order valence-corrected chi connectivity index (χ2v) is 6.18. The van der Waals surface area contributed by atoms with Crippen LogP contribution in [-0.2, 0) is 6.42 Å². The van der Waals surface area contributed by atoms with E-state index in [0.29, 0.717) is 6.54 Å². The van der Waals surface area contributed by atoms with E-state index >= 15 is 0 Å². The number of nitrogens with one attached hydrogen (secondary N) is 1. The first-order chi connectivity index (χ1) is 11.6. The molecule has 0 aliphatic carbocycles. The molecule has 5 heteroatoms. The van der Waals surface area contributed by atoms with Crippen LogP contribution in [0.3, 0.4) is 0 Å². The Kier molecular flexibility index (Phi) is 4.71. The molecule has 0 radical (unpaired) electrons. The third kappa shape index (κ3) is 3.08. The molecule has 5 nitrogen and oxygen atoms in total. The van der Waals surface area contributed by atoms with Gasteiger partial charge in [0.25, 0.3) is 0 Å². The second-order valence-electron chi connectivity index (χ2n) is 6.18. The molecule has 0 spiro atoms. The average molecular weight is 325 g/mol. The molecule has 0 bridgehead atoms. The number of hydrogen-bond donors (Lipinski definition) is 2. The molecular formula is C19H23N3O2. The van der Waals surface area contributed by atoms with E-state index < -0.39 is 0 Å². The summed E-state index contributed by atoms with van der Waals surface area (Å²) in [7, 11) is 3.89. The van der Waals surface area contributed by atoms with E-state index in [1.165, 1.54) is 5.56 Å². The number of urea groups is 1. The van der Waals surface area contributed by atoms with Gasteiger partial charge in [-0.1, -0.05) is 36.4 Å². The van der Waals surface area contributed by atoms with Gasteiger partial charge in [0.1, 0.15) is 0 Å². The van der Waals surface area contributed by atoms with Crippen molar-refractivity contribution in [3.8, 4) is 0 Å². The molecule has 2 N–H and O–H groups in total. The smallest absolute Gasteiger partial charge is 0.322 e. The van der Waals surface area contributed by atoms with Crippen LogP contribution >= 0.6 is 0 Å². The lowest BCUT2D eigenvalue weighted by Gasteiger charge is -2.36. The van der Waals surface area contributed by atoms with Crippen LogP contribution in [0.1, 0.15) is 17.2 Å². The summed E-state index contributed by atoms with van der Waals surface area (Å²) in [6.45, 7) is 0.512. The van der Waals surface area contributed by atoms with E-state index in [9.17, 15) is 9.90 Å². The lowest BCUT2D eigenvalue weighted by atomic mass is 9.93. The van der Waals surface area contributed by atoms with Crippen LogP contribution in [0.15, 0.2) is 48.5 Å². The molecule has 2 amide bonds. The fraction of sp³-hybridized carbons (Fsp3) is 0.316. The Labute approximate surface area is 142 Å². The van der Waals surface area contributed by atoms with Gasteiger partial charge in [-0.15, -0.1) is 0 Å². The predicted molar refractivity (Wildman–Crippen MR) is 96.5 cm³/mol. The summed E-state index contributed by atoms with van der Waals surface area (Å²) in [4.78, 5) is 16.5. The number of hydrogen-bond acceptors (Lipinski definition) is 3. The lowest BCUT2D eigenvalue weighted by Crippen LogP contribution is -2.44. The van der Waals surface area contributed by atoms with E-state index in [-0.39, 0.29) is 18.7 Å². The molecular weight excluding hydrogens is 302 g/mol. The average Bonchev–Trinajstić information content (AvgIpc) is 2.60. The number of fused-ring (bicyclic) bond motifs is 1. The molecule has 3 rings (SSSR count). The predicted octanol–water partition coefficient (Wildman–Crippen LogP) is 2.88. The molecule has 24 heavy (non-hydrogen) atoms. The Morgan fingerprint density at radius 1 is 1.21 bits per heavy atom. The fourth-order valence-electron chi connectivity index (χ4n) is 3.25. The number of carbonyl (C=O) groups is 1. The van der Waals surface area contributed by atoms with Crippen molar-refractivity contribution in [2.75, 3.05) is 37.5 Å². The van der Waals surface area contributed by atoms with Crippen molar-refractivity contribution in [3.05, 3.63) is 59.7 Å². The van der Waals surface area contributed by atoms with Gasteiger partial charge >= 0.3 is 6.03 Å². The summed E-state index contributed by atoms with van der Waals surface area (Å²) in [6.07, 6.45) is 0.801. The Hall–Kier alpha value is -2.53. The molecule has 2 aromatic carbocycles. The molecule has 0 saturated carbocycles. The summed E-state index contributed by atoms with van der Waals surface area (Å²) >= 11 is 0. The van der Waals surface area contributed by atoms with E-state index in [1.807, 2.05) is 61.5 Å². The first kappa shape index (κ1) is 16.3. The lowest BCUT2D eigenvalue weighted by molar-refractivity contribution is 0.135. The monoisotopic (exact) mass is 325 g/mol. The van der Waals surface area contributed by atoms with Gasteiger partial charge in [-0.05, 0) is 29.7 Å². The zero-order chi connectivity index (χ0) is 17.1. The van der Waals surface area contributed by atoms with Gasteiger partial charge in [0.15, 0.2) is 0 Å². The van der Waals surface area contributed by atoms with E-state index in [0.717, 1.165) is 23.4 Å². The van der Waals surface area contributed by atoms with Crippen LogP contribution in [0.5, 0.6) is 0 Å². The number of aliphatic hydroxyl groups is 1. The minimum absolute atomic E-state index is 0.0836. The maximum absolute atomic E-state index is 12.8. The summed E-state index contributed by atoms with van der Waals surface area (Å²) in [5, 5.41) is 12.8. The summed E-state index contributed by atoms with van der Waals surface area (Å²) in [5.41, 5.74) is 3.95. The molecule has 1 aliphatic heterocycles. The highest BCUT2D eigenvalue weighted by Gasteiger charge is 2.30. The number of amides is 2. The first-order valence-electron chi connectivity index (χ1n) is 8.14. The maximum Gasteiger partial charge on any atom is 0.322 e.